The molecule has 4 N–H and O–H groups in total. The minimum absolute atomic E-state index is 0.155. The number of aromatic nitrogens is 3. The first-order chi connectivity index (χ1) is 18.4. The van der Waals surface area contributed by atoms with Gasteiger partial charge >= 0.3 is 11.9 Å². The van der Waals surface area contributed by atoms with Crippen LogP contribution < -0.4 is 5.43 Å². The quantitative estimate of drug-likeness (QED) is 0.159. The summed E-state index contributed by atoms with van der Waals surface area (Å²) in [4.78, 5) is 27.0. The minimum atomic E-state index is -1.03. The second kappa shape index (κ2) is 10.4. The average Bonchev–Trinajstić information content (AvgIpc) is 3.57. The van der Waals surface area contributed by atoms with Gasteiger partial charge in [-0.15, -0.1) is 11.3 Å². The lowest BCUT2D eigenvalue weighted by Gasteiger charge is -2.02. The molecule has 2 aromatic heterocycles. The molecule has 0 bridgehead atoms. The molecule has 2 heterocycles. The number of nitrogens with zero attached hydrogens (tertiary/aromatic N) is 4. The highest BCUT2D eigenvalue weighted by atomic mass is 32.1. The molecule has 0 saturated carbocycles. The molecule has 0 aliphatic carbocycles. The summed E-state index contributed by atoms with van der Waals surface area (Å²) in [6, 6.07) is 19.3. The van der Waals surface area contributed by atoms with Crippen molar-refractivity contribution in [3.8, 4) is 34.0 Å². The van der Waals surface area contributed by atoms with E-state index in [0.29, 0.717) is 27.6 Å². The molecule has 0 fully saturated rings. The fourth-order valence-electron chi connectivity index (χ4n) is 3.61. The van der Waals surface area contributed by atoms with Crippen molar-refractivity contribution in [3.05, 3.63) is 101 Å². The smallest absolute Gasteiger partial charge is 0.335 e. The Hall–Kier alpha value is -5.29. The number of hydrogen-bond acceptors (Lipinski definition) is 8. The van der Waals surface area contributed by atoms with E-state index in [1.807, 2.05) is 5.38 Å². The lowest BCUT2D eigenvalue weighted by atomic mass is 10.1. The molecule has 0 spiro atoms. The second-order valence-corrected chi connectivity index (χ2v) is 8.93. The number of phenolic OH excluding ortho intramolecular Hbond substituents is 1. The molecule has 0 radical (unpaired) electrons. The number of benzene rings is 3. The Balaban J connectivity index is 1.43. The predicted octanol–water partition coefficient (Wildman–Crippen LogP) is 5.21. The molecule has 5 aromatic rings. The monoisotopic (exact) mass is 525 g/mol. The normalized spacial score (nSPS) is 11.1. The number of nitrogens with one attached hydrogen (secondary N) is 1. The average molecular weight is 526 g/mol. The fraction of sp³-hybridized carbons (Fsp3) is 0. The Kier molecular flexibility index (Phi) is 6.66. The van der Waals surface area contributed by atoms with Gasteiger partial charge in [-0.1, -0.05) is 12.1 Å². The molecule has 10 nitrogen and oxygen atoms in total. The van der Waals surface area contributed by atoms with E-state index in [1.54, 1.807) is 65.6 Å². The zero-order chi connectivity index (χ0) is 26.6. The summed E-state index contributed by atoms with van der Waals surface area (Å²) in [5.74, 6) is -1.87. The Morgan fingerprint density at radius 1 is 0.868 bits per heavy atom. The number of phenols is 1. The number of hydrogen-bond donors (Lipinski definition) is 4. The van der Waals surface area contributed by atoms with Gasteiger partial charge in [-0.25, -0.2) is 19.3 Å². The van der Waals surface area contributed by atoms with E-state index < -0.39 is 11.9 Å². The standard InChI is InChI=1S/C27H19N5O5S/c33-22-11-7-16(8-12-22)23-15-38-27(29-23)30-28-13-20-14-32(21-9-5-19(6-10-21)26(36)37)31-24(20)17-1-3-18(4-2-17)25(34)35/h1-15,33H,(H,29,30)(H,34,35)(H,36,37)/b28-13+. The molecule has 11 heteroatoms. The SMILES string of the molecule is O=C(O)c1ccc(-c2nn(-c3ccc(C(=O)O)cc3)cc2/C=N/Nc2nc(-c3ccc(O)cc3)cs2)cc1. The third-order valence-electron chi connectivity index (χ3n) is 5.56. The van der Waals surface area contributed by atoms with E-state index in [1.165, 1.54) is 35.6 Å². The van der Waals surface area contributed by atoms with Crippen molar-refractivity contribution in [2.45, 2.75) is 0 Å². The number of anilines is 1. The minimum Gasteiger partial charge on any atom is -0.508 e. The van der Waals surface area contributed by atoms with Crippen LogP contribution in [-0.2, 0) is 0 Å². The zero-order valence-corrected chi connectivity index (χ0v) is 20.3. The van der Waals surface area contributed by atoms with E-state index in [9.17, 15) is 24.9 Å². The molecule has 38 heavy (non-hydrogen) atoms. The maximum atomic E-state index is 11.3. The third-order valence-corrected chi connectivity index (χ3v) is 6.30. The molecule has 0 amide bonds. The van der Waals surface area contributed by atoms with Crippen LogP contribution in [0.4, 0.5) is 5.13 Å². The largest absolute Gasteiger partial charge is 0.508 e. The molecule has 0 aliphatic rings. The molecule has 188 valence electrons. The number of carboxylic acid groups (broad SMARTS) is 2. The van der Waals surface area contributed by atoms with Crippen molar-refractivity contribution >= 4 is 34.6 Å². The summed E-state index contributed by atoms with van der Waals surface area (Å²) in [5.41, 5.74) is 7.34. The maximum absolute atomic E-state index is 11.3. The lowest BCUT2D eigenvalue weighted by molar-refractivity contribution is 0.0686. The lowest BCUT2D eigenvalue weighted by Crippen LogP contribution is -1.99. The fourth-order valence-corrected chi connectivity index (χ4v) is 4.28. The van der Waals surface area contributed by atoms with Gasteiger partial charge < -0.3 is 15.3 Å². The van der Waals surface area contributed by atoms with Crippen LogP contribution in [-0.4, -0.2) is 48.2 Å². The van der Waals surface area contributed by atoms with Gasteiger partial charge in [0.2, 0.25) is 5.13 Å². The Morgan fingerprint density at radius 3 is 2.11 bits per heavy atom. The molecule has 5 rings (SSSR count). The van der Waals surface area contributed by atoms with Gasteiger partial charge in [-0.05, 0) is 60.7 Å². The molecule has 0 atom stereocenters. The number of rotatable bonds is 8. The highest BCUT2D eigenvalue weighted by Crippen LogP contribution is 2.27. The Bertz CT molecular complexity index is 1640. The van der Waals surface area contributed by atoms with Crippen molar-refractivity contribution in [3.63, 3.8) is 0 Å². The maximum Gasteiger partial charge on any atom is 0.335 e. The van der Waals surface area contributed by atoms with Gasteiger partial charge in [0.1, 0.15) is 11.4 Å². The van der Waals surface area contributed by atoms with Crippen molar-refractivity contribution < 1.29 is 24.9 Å². The van der Waals surface area contributed by atoms with Gasteiger partial charge in [0.05, 0.1) is 28.7 Å². The zero-order valence-electron chi connectivity index (χ0n) is 19.5. The first kappa shape index (κ1) is 24.4. The van der Waals surface area contributed by atoms with Crippen LogP contribution in [0.5, 0.6) is 5.75 Å². The number of aromatic carboxylic acids is 2. The third kappa shape index (κ3) is 5.27. The Morgan fingerprint density at radius 2 is 1.47 bits per heavy atom. The molecule has 3 aromatic carbocycles. The summed E-state index contributed by atoms with van der Waals surface area (Å²) in [5, 5.41) is 39.3. The van der Waals surface area contributed by atoms with Gasteiger partial charge in [0.15, 0.2) is 0 Å². The summed E-state index contributed by atoms with van der Waals surface area (Å²) in [6.45, 7) is 0. The van der Waals surface area contributed by atoms with Gasteiger partial charge in [-0.2, -0.15) is 10.2 Å². The van der Waals surface area contributed by atoms with Crippen molar-refractivity contribution in [1.82, 2.24) is 14.8 Å². The van der Waals surface area contributed by atoms with E-state index >= 15 is 0 Å². The highest BCUT2D eigenvalue weighted by Gasteiger charge is 2.13. The van der Waals surface area contributed by atoms with E-state index in [4.69, 9.17) is 0 Å². The number of hydrazone groups is 1. The van der Waals surface area contributed by atoms with Crippen LogP contribution in [0.3, 0.4) is 0 Å². The van der Waals surface area contributed by atoms with Crippen LogP contribution in [0.2, 0.25) is 0 Å². The van der Waals surface area contributed by atoms with Crippen LogP contribution in [0.1, 0.15) is 26.3 Å². The van der Waals surface area contributed by atoms with Gasteiger partial charge in [-0.3, -0.25) is 5.43 Å². The highest BCUT2D eigenvalue weighted by molar-refractivity contribution is 7.14. The molecular weight excluding hydrogens is 506 g/mol. The summed E-state index contributed by atoms with van der Waals surface area (Å²) in [7, 11) is 0. The number of carbonyl (C=O) groups is 2. The van der Waals surface area contributed by atoms with Crippen LogP contribution in [0.15, 0.2) is 89.5 Å². The summed E-state index contributed by atoms with van der Waals surface area (Å²) in [6.07, 6.45) is 3.32. The van der Waals surface area contributed by atoms with Crippen molar-refractivity contribution in [1.29, 1.82) is 0 Å². The van der Waals surface area contributed by atoms with E-state index in [2.05, 4.69) is 20.6 Å². The molecule has 0 unspecified atom stereocenters. The van der Waals surface area contributed by atoms with E-state index in [-0.39, 0.29) is 16.9 Å². The van der Waals surface area contributed by atoms with E-state index in [0.717, 1.165) is 11.3 Å². The second-order valence-electron chi connectivity index (χ2n) is 8.07. The topological polar surface area (TPSA) is 150 Å². The summed E-state index contributed by atoms with van der Waals surface area (Å²) >= 11 is 1.37. The number of aromatic hydroxyl groups is 1. The summed E-state index contributed by atoms with van der Waals surface area (Å²) < 4.78 is 1.60. The predicted molar refractivity (Wildman–Crippen MR) is 143 cm³/mol. The van der Waals surface area contributed by atoms with Crippen molar-refractivity contribution in [2.24, 2.45) is 5.10 Å². The van der Waals surface area contributed by atoms with Crippen LogP contribution >= 0.6 is 11.3 Å². The molecule has 0 saturated heterocycles. The van der Waals surface area contributed by atoms with Crippen LogP contribution in [0.25, 0.3) is 28.2 Å². The van der Waals surface area contributed by atoms with Crippen LogP contribution in [0, 0.1) is 0 Å². The number of thiazole rings is 1. The molecule has 0 aliphatic heterocycles. The molecular formula is C27H19N5O5S. The first-order valence-corrected chi connectivity index (χ1v) is 12.1. The number of carboxylic acids is 2. The van der Waals surface area contributed by atoms with Crippen molar-refractivity contribution in [2.75, 3.05) is 5.43 Å². The first-order valence-electron chi connectivity index (χ1n) is 11.2. The van der Waals surface area contributed by atoms with Gasteiger partial charge in [0, 0.05) is 28.3 Å². The Labute approximate surface area is 219 Å². The van der Waals surface area contributed by atoms with Gasteiger partial charge in [0.25, 0.3) is 0 Å².